The predicted molar refractivity (Wildman–Crippen MR) is 87.4 cm³/mol. The minimum Gasteiger partial charge on any atom is -0.496 e. The normalized spacial score (nSPS) is 18.3. The molecule has 5 nitrogen and oxygen atoms in total. The molecule has 120 valence electrons. The van der Waals surface area contributed by atoms with Crippen LogP contribution in [-0.4, -0.2) is 30.3 Å². The molecule has 6 heteroatoms. The lowest BCUT2D eigenvalue weighted by Gasteiger charge is -2.09. The van der Waals surface area contributed by atoms with Gasteiger partial charge in [0.25, 0.3) is 0 Å². The molecular formula is C16H22ClN3O2. The van der Waals surface area contributed by atoms with Crippen LogP contribution in [0.1, 0.15) is 25.2 Å². The van der Waals surface area contributed by atoms with E-state index in [0.717, 1.165) is 36.7 Å². The molecule has 0 aliphatic carbocycles. The Hall–Kier alpha value is -1.59. The van der Waals surface area contributed by atoms with Gasteiger partial charge in [-0.3, -0.25) is 0 Å². The first-order valence-corrected chi connectivity index (χ1v) is 7.53. The molecular weight excluding hydrogens is 302 g/mol. The van der Waals surface area contributed by atoms with Gasteiger partial charge in [-0.05, 0) is 50.4 Å². The zero-order valence-corrected chi connectivity index (χ0v) is 13.6. The molecule has 1 aliphatic heterocycles. The van der Waals surface area contributed by atoms with Gasteiger partial charge in [0.15, 0.2) is 0 Å². The molecule has 2 aromatic rings. The summed E-state index contributed by atoms with van der Waals surface area (Å²) in [6.45, 7) is 2.20. The Bertz CT molecular complexity index is 580. The Morgan fingerprint density at radius 2 is 2.14 bits per heavy atom. The third kappa shape index (κ3) is 3.99. The summed E-state index contributed by atoms with van der Waals surface area (Å²) in [5.41, 5.74) is 0.873. The van der Waals surface area contributed by atoms with Gasteiger partial charge in [0.1, 0.15) is 5.75 Å². The van der Waals surface area contributed by atoms with E-state index >= 15 is 0 Å². The maximum atomic E-state index is 5.43. The van der Waals surface area contributed by atoms with Gasteiger partial charge >= 0.3 is 0 Å². The number of hydrogen-bond donors (Lipinski definition) is 1. The Morgan fingerprint density at radius 1 is 1.27 bits per heavy atom. The summed E-state index contributed by atoms with van der Waals surface area (Å²) >= 11 is 0. The fourth-order valence-corrected chi connectivity index (χ4v) is 2.82. The highest BCUT2D eigenvalue weighted by Crippen LogP contribution is 2.28. The second kappa shape index (κ2) is 8.15. The number of ether oxygens (including phenoxy) is 1. The zero-order valence-electron chi connectivity index (χ0n) is 12.7. The minimum atomic E-state index is 0. The summed E-state index contributed by atoms with van der Waals surface area (Å²) in [5.74, 6) is 2.73. The van der Waals surface area contributed by atoms with E-state index in [9.17, 15) is 0 Å². The van der Waals surface area contributed by atoms with Crippen molar-refractivity contribution in [3.63, 3.8) is 0 Å². The quantitative estimate of drug-likeness (QED) is 0.936. The molecule has 1 aromatic heterocycles. The Labute approximate surface area is 136 Å². The van der Waals surface area contributed by atoms with E-state index < -0.39 is 0 Å². The van der Waals surface area contributed by atoms with Crippen LogP contribution in [0.5, 0.6) is 5.75 Å². The second-order valence-corrected chi connectivity index (χ2v) is 5.46. The van der Waals surface area contributed by atoms with Crippen molar-refractivity contribution >= 4 is 12.4 Å². The van der Waals surface area contributed by atoms with Crippen molar-refractivity contribution in [2.24, 2.45) is 5.92 Å². The van der Waals surface area contributed by atoms with Crippen molar-refractivity contribution in [1.29, 1.82) is 0 Å². The van der Waals surface area contributed by atoms with Gasteiger partial charge in [-0.15, -0.1) is 12.4 Å². The van der Waals surface area contributed by atoms with Gasteiger partial charge in [-0.2, -0.15) is 4.98 Å². The molecule has 0 radical (unpaired) electrons. The van der Waals surface area contributed by atoms with Gasteiger partial charge in [-0.25, -0.2) is 0 Å². The third-order valence-electron chi connectivity index (χ3n) is 3.97. The van der Waals surface area contributed by atoms with Crippen molar-refractivity contribution in [3.8, 4) is 17.1 Å². The summed E-state index contributed by atoms with van der Waals surface area (Å²) in [7, 11) is 1.65. The Morgan fingerprint density at radius 3 is 3.00 bits per heavy atom. The van der Waals surface area contributed by atoms with Gasteiger partial charge in [0.05, 0.1) is 12.7 Å². The van der Waals surface area contributed by atoms with E-state index in [-0.39, 0.29) is 12.4 Å². The summed E-state index contributed by atoms with van der Waals surface area (Å²) in [4.78, 5) is 4.54. The number of nitrogens with one attached hydrogen (secondary N) is 1. The summed E-state index contributed by atoms with van der Waals surface area (Å²) in [6, 6.07) is 7.73. The molecule has 2 heterocycles. The van der Waals surface area contributed by atoms with Crippen LogP contribution in [0.2, 0.25) is 0 Å². The average Bonchev–Trinajstić information content (AvgIpc) is 2.83. The predicted octanol–water partition coefficient (Wildman–Crippen LogP) is 3.10. The van der Waals surface area contributed by atoms with Gasteiger partial charge in [0.2, 0.25) is 11.7 Å². The molecule has 0 saturated carbocycles. The van der Waals surface area contributed by atoms with Crippen molar-refractivity contribution in [1.82, 2.24) is 15.5 Å². The highest BCUT2D eigenvalue weighted by atomic mass is 35.5. The topological polar surface area (TPSA) is 60.2 Å². The van der Waals surface area contributed by atoms with Crippen LogP contribution in [0.25, 0.3) is 11.4 Å². The first kappa shape index (κ1) is 16.8. The van der Waals surface area contributed by atoms with Gasteiger partial charge in [-0.1, -0.05) is 17.3 Å². The highest BCUT2D eigenvalue weighted by Gasteiger charge is 2.18. The maximum Gasteiger partial charge on any atom is 0.227 e. The van der Waals surface area contributed by atoms with E-state index in [4.69, 9.17) is 9.26 Å². The van der Waals surface area contributed by atoms with Gasteiger partial charge in [0, 0.05) is 6.42 Å². The molecule has 0 amide bonds. The number of hydrogen-bond acceptors (Lipinski definition) is 5. The lowest BCUT2D eigenvalue weighted by atomic mass is 9.97. The van der Waals surface area contributed by atoms with E-state index in [1.807, 2.05) is 24.3 Å². The molecule has 1 atom stereocenters. The number of benzene rings is 1. The fraction of sp³-hybridized carbons (Fsp3) is 0.500. The lowest BCUT2D eigenvalue weighted by molar-refractivity contribution is 0.341. The van der Waals surface area contributed by atoms with Crippen molar-refractivity contribution in [2.75, 3.05) is 20.2 Å². The van der Waals surface area contributed by atoms with Crippen LogP contribution in [0.3, 0.4) is 0 Å². The number of nitrogens with zero attached hydrogens (tertiary/aromatic N) is 2. The molecule has 1 aliphatic rings. The van der Waals surface area contributed by atoms with Crippen LogP contribution < -0.4 is 10.1 Å². The molecule has 1 saturated heterocycles. The molecule has 1 aromatic carbocycles. The third-order valence-corrected chi connectivity index (χ3v) is 3.97. The number of rotatable bonds is 4. The molecule has 0 bridgehead atoms. The van der Waals surface area contributed by atoms with E-state index in [0.29, 0.717) is 11.7 Å². The maximum absolute atomic E-state index is 5.43. The van der Waals surface area contributed by atoms with Gasteiger partial charge < -0.3 is 14.6 Å². The highest BCUT2D eigenvalue weighted by molar-refractivity contribution is 5.85. The van der Waals surface area contributed by atoms with Crippen LogP contribution in [-0.2, 0) is 6.42 Å². The molecule has 0 spiro atoms. The van der Waals surface area contributed by atoms with Crippen LogP contribution in [0.4, 0.5) is 0 Å². The summed E-state index contributed by atoms with van der Waals surface area (Å²) < 4.78 is 10.8. The Kier molecular flexibility index (Phi) is 6.21. The standard InChI is InChI=1S/C16H21N3O2.ClH/c1-20-14-7-3-2-6-13(14)16-18-15(21-19-16)11-12-5-4-9-17-10-8-12;/h2-3,6-7,12,17H,4-5,8-11H2,1H3;1H. The smallest absolute Gasteiger partial charge is 0.227 e. The largest absolute Gasteiger partial charge is 0.496 e. The molecule has 3 rings (SSSR count). The SMILES string of the molecule is COc1ccccc1-c1noc(CC2CCCNCC2)n1.Cl. The molecule has 22 heavy (non-hydrogen) atoms. The minimum absolute atomic E-state index is 0. The first-order valence-electron chi connectivity index (χ1n) is 7.53. The Balaban J connectivity index is 0.00000176. The monoisotopic (exact) mass is 323 g/mol. The number of aromatic nitrogens is 2. The lowest BCUT2D eigenvalue weighted by Crippen LogP contribution is -2.14. The number of para-hydroxylation sites is 1. The fourth-order valence-electron chi connectivity index (χ4n) is 2.82. The number of halogens is 1. The molecule has 1 fully saturated rings. The number of methoxy groups -OCH3 is 1. The van der Waals surface area contributed by atoms with Crippen molar-refractivity contribution in [3.05, 3.63) is 30.2 Å². The van der Waals surface area contributed by atoms with Crippen LogP contribution in [0, 0.1) is 5.92 Å². The average molecular weight is 324 g/mol. The zero-order chi connectivity index (χ0) is 14.5. The molecule has 1 unspecified atom stereocenters. The first-order chi connectivity index (χ1) is 10.4. The van der Waals surface area contributed by atoms with Crippen molar-refractivity contribution in [2.45, 2.75) is 25.7 Å². The summed E-state index contributed by atoms with van der Waals surface area (Å²) in [6.07, 6.45) is 4.48. The summed E-state index contributed by atoms with van der Waals surface area (Å²) in [5, 5.41) is 7.53. The van der Waals surface area contributed by atoms with E-state index in [2.05, 4.69) is 15.5 Å². The second-order valence-electron chi connectivity index (χ2n) is 5.46. The van der Waals surface area contributed by atoms with E-state index in [1.54, 1.807) is 7.11 Å². The van der Waals surface area contributed by atoms with Crippen molar-refractivity contribution < 1.29 is 9.26 Å². The van der Waals surface area contributed by atoms with E-state index in [1.165, 1.54) is 19.3 Å². The molecule has 1 N–H and O–H groups in total. The van der Waals surface area contributed by atoms with Crippen LogP contribution >= 0.6 is 12.4 Å². The van der Waals surface area contributed by atoms with Crippen LogP contribution in [0.15, 0.2) is 28.8 Å².